The molecule has 1 atom stereocenters. The van der Waals surface area contributed by atoms with Crippen LogP contribution >= 0.6 is 0 Å². The molecule has 240 valence electrons. The van der Waals surface area contributed by atoms with Crippen molar-refractivity contribution in [2.75, 3.05) is 54.9 Å². The van der Waals surface area contributed by atoms with E-state index >= 15 is 0 Å². The molecule has 9 nitrogen and oxygen atoms in total. The largest absolute Gasteiger partial charge is 0.369 e. The number of hydrogen-bond acceptors (Lipinski definition) is 7. The van der Waals surface area contributed by atoms with Crippen LogP contribution in [0, 0.1) is 17.4 Å². The summed E-state index contributed by atoms with van der Waals surface area (Å²) in [4.78, 5) is 34.1. The van der Waals surface area contributed by atoms with Gasteiger partial charge in [0.1, 0.15) is 13.9 Å². The van der Waals surface area contributed by atoms with E-state index in [0.717, 1.165) is 42.8 Å². The second kappa shape index (κ2) is 13.4. The van der Waals surface area contributed by atoms with Gasteiger partial charge in [-0.2, -0.15) is 4.98 Å². The van der Waals surface area contributed by atoms with Crippen LogP contribution in [0.2, 0.25) is 16.6 Å². The zero-order valence-electron chi connectivity index (χ0n) is 28.5. The fourth-order valence-corrected chi connectivity index (χ4v) is 12.4. The van der Waals surface area contributed by atoms with Gasteiger partial charge in [-0.05, 0) is 59.9 Å². The maximum atomic E-state index is 13.1. The van der Waals surface area contributed by atoms with E-state index in [-0.39, 0.29) is 18.0 Å². The third-order valence-electron chi connectivity index (χ3n) is 9.85. The number of nitrogens with one attached hydrogen (secondary N) is 2. The molecule has 2 saturated heterocycles. The summed E-state index contributed by atoms with van der Waals surface area (Å²) in [6.07, 6.45) is 1.82. The first kappa shape index (κ1) is 32.7. The Labute approximate surface area is 270 Å². The van der Waals surface area contributed by atoms with Gasteiger partial charge >= 0.3 is 6.03 Å². The molecule has 1 unspecified atom stereocenters. The second-order valence-corrected chi connectivity index (χ2v) is 19.5. The van der Waals surface area contributed by atoms with Crippen LogP contribution in [-0.4, -0.2) is 79.8 Å². The van der Waals surface area contributed by atoms with Crippen molar-refractivity contribution in [2.24, 2.45) is 5.92 Å². The number of carbonyl (C=O) groups is 1. The molecule has 0 spiro atoms. The van der Waals surface area contributed by atoms with E-state index in [1.54, 1.807) is 4.90 Å². The molecular formula is C35H50N8OSi. The maximum Gasteiger partial charge on any atom is 0.323 e. The lowest BCUT2D eigenvalue weighted by Crippen LogP contribution is -2.44. The van der Waals surface area contributed by atoms with Crippen molar-refractivity contribution in [2.45, 2.75) is 78.1 Å². The van der Waals surface area contributed by atoms with Gasteiger partial charge in [0, 0.05) is 55.9 Å². The van der Waals surface area contributed by atoms with Gasteiger partial charge in [0.05, 0.1) is 11.4 Å². The quantitative estimate of drug-likeness (QED) is 0.214. The second-order valence-electron chi connectivity index (χ2n) is 13.9. The summed E-state index contributed by atoms with van der Waals surface area (Å²) in [5.41, 5.74) is 8.83. The molecule has 10 heteroatoms. The van der Waals surface area contributed by atoms with E-state index in [2.05, 4.69) is 119 Å². The standard InChI is InChI=1S/C35H50N8OSi/c1-23(2)31-22-37-35(44)43(31)32-20-27(14-19-45(24(3)4,25(5)6)26(7)8)30-21-36-34(40-33(30)39-32)38-28-10-12-29(13-11-28)42-17-15-41(9)16-18-42/h10-13,20-21,23-26,31H,15-18,22H2,1-9H3,(H,37,44)(H,36,38,39,40). The number of pyridine rings is 1. The number of hydrogen-bond donors (Lipinski definition) is 2. The van der Waals surface area contributed by atoms with Gasteiger partial charge in [0.2, 0.25) is 5.95 Å². The maximum absolute atomic E-state index is 13.1. The molecule has 0 saturated carbocycles. The zero-order valence-corrected chi connectivity index (χ0v) is 29.5. The predicted molar refractivity (Wildman–Crippen MR) is 189 cm³/mol. The van der Waals surface area contributed by atoms with Crippen molar-refractivity contribution in [1.29, 1.82) is 0 Å². The highest BCUT2D eigenvalue weighted by molar-refractivity contribution is 6.90. The van der Waals surface area contributed by atoms with Gasteiger partial charge in [-0.25, -0.2) is 14.8 Å². The summed E-state index contributed by atoms with van der Waals surface area (Å²) < 4.78 is 0. The van der Waals surface area contributed by atoms with E-state index < -0.39 is 8.07 Å². The number of anilines is 4. The lowest BCUT2D eigenvalue weighted by atomic mass is 10.0. The first-order valence-corrected chi connectivity index (χ1v) is 18.7. The van der Waals surface area contributed by atoms with Crippen molar-refractivity contribution >= 4 is 48.3 Å². The van der Waals surface area contributed by atoms with Crippen LogP contribution in [0.15, 0.2) is 36.5 Å². The average Bonchev–Trinajstić information content (AvgIpc) is 3.39. The van der Waals surface area contributed by atoms with Gasteiger partial charge in [0.25, 0.3) is 0 Å². The number of rotatable bonds is 8. The number of aromatic nitrogens is 3. The van der Waals surface area contributed by atoms with Crippen molar-refractivity contribution in [1.82, 2.24) is 25.2 Å². The summed E-state index contributed by atoms with van der Waals surface area (Å²) >= 11 is 0. The van der Waals surface area contributed by atoms with E-state index in [1.807, 2.05) is 12.3 Å². The Morgan fingerprint density at radius 1 is 0.933 bits per heavy atom. The highest BCUT2D eigenvalue weighted by Crippen LogP contribution is 2.41. The monoisotopic (exact) mass is 626 g/mol. The summed E-state index contributed by atoms with van der Waals surface area (Å²) in [5, 5.41) is 7.17. The minimum Gasteiger partial charge on any atom is -0.369 e. The first-order valence-electron chi connectivity index (χ1n) is 16.5. The lowest BCUT2D eigenvalue weighted by molar-refractivity contribution is 0.251. The molecule has 2 aromatic heterocycles. The highest BCUT2D eigenvalue weighted by Gasteiger charge is 2.42. The van der Waals surface area contributed by atoms with E-state index in [9.17, 15) is 4.79 Å². The minimum atomic E-state index is -2.01. The van der Waals surface area contributed by atoms with Gasteiger partial charge in [-0.3, -0.25) is 4.90 Å². The van der Waals surface area contributed by atoms with Crippen molar-refractivity contribution < 1.29 is 4.79 Å². The van der Waals surface area contributed by atoms with E-state index in [1.165, 1.54) is 5.69 Å². The summed E-state index contributed by atoms with van der Waals surface area (Å²) in [6, 6.07) is 10.2. The highest BCUT2D eigenvalue weighted by atomic mass is 28.3. The molecule has 3 aromatic rings. The Morgan fingerprint density at radius 2 is 1.58 bits per heavy atom. The van der Waals surface area contributed by atoms with Crippen LogP contribution in [-0.2, 0) is 0 Å². The van der Waals surface area contributed by atoms with Gasteiger partial charge in [0.15, 0.2) is 5.65 Å². The Balaban J connectivity index is 1.54. The number of urea groups is 1. The molecule has 1 aromatic carbocycles. The molecule has 2 fully saturated rings. The lowest BCUT2D eigenvalue weighted by Gasteiger charge is -2.38. The predicted octanol–water partition coefficient (Wildman–Crippen LogP) is 6.64. The molecule has 45 heavy (non-hydrogen) atoms. The molecule has 4 heterocycles. The summed E-state index contributed by atoms with van der Waals surface area (Å²) in [6.45, 7) is 22.9. The molecule has 5 rings (SSSR count). The van der Waals surface area contributed by atoms with Crippen molar-refractivity contribution in [3.8, 4) is 11.5 Å². The van der Waals surface area contributed by atoms with Crippen LogP contribution in [0.4, 0.5) is 27.9 Å². The fraction of sp³-hybridized carbons (Fsp3) is 0.543. The topological polar surface area (TPSA) is 89.5 Å². The minimum absolute atomic E-state index is 0.00281. The molecule has 2 aliphatic rings. The Hall–Kier alpha value is -3.68. The first-order chi connectivity index (χ1) is 21.4. The van der Waals surface area contributed by atoms with E-state index in [0.29, 0.717) is 40.6 Å². The smallest absolute Gasteiger partial charge is 0.323 e. The molecule has 0 bridgehead atoms. The van der Waals surface area contributed by atoms with Gasteiger partial charge < -0.3 is 20.4 Å². The third-order valence-corrected chi connectivity index (χ3v) is 16.1. The molecular weight excluding hydrogens is 577 g/mol. The number of nitrogens with zero attached hydrogens (tertiary/aromatic N) is 6. The van der Waals surface area contributed by atoms with Crippen molar-refractivity contribution in [3.63, 3.8) is 0 Å². The van der Waals surface area contributed by atoms with Crippen molar-refractivity contribution in [3.05, 3.63) is 42.1 Å². The normalized spacial score (nSPS) is 17.9. The number of benzene rings is 1. The number of likely N-dealkylation sites (N-methyl/N-ethyl adjacent to an activating group) is 1. The number of carbonyl (C=O) groups excluding carboxylic acids is 1. The Kier molecular flexibility index (Phi) is 9.70. The summed E-state index contributed by atoms with van der Waals surface area (Å²) in [7, 11) is 0.161. The molecule has 0 radical (unpaired) electrons. The van der Waals surface area contributed by atoms with Crippen LogP contribution in [0.3, 0.4) is 0 Å². The third kappa shape index (κ3) is 6.65. The van der Waals surface area contributed by atoms with Crippen LogP contribution in [0.25, 0.3) is 11.0 Å². The zero-order chi connectivity index (χ0) is 32.5. The molecule has 2 N–H and O–H groups in total. The molecule has 0 aliphatic carbocycles. The fourth-order valence-electron chi connectivity index (χ4n) is 7.17. The van der Waals surface area contributed by atoms with Crippen LogP contribution in [0.5, 0.6) is 0 Å². The molecule has 2 amide bonds. The van der Waals surface area contributed by atoms with E-state index in [4.69, 9.17) is 15.0 Å². The van der Waals surface area contributed by atoms with Gasteiger partial charge in [-0.15, -0.1) is 5.54 Å². The SMILES string of the molecule is CC(C)C1CNC(=O)N1c1cc(C#C[Si](C(C)C)(C(C)C)C(C)C)c2cnc(Nc3ccc(N4CCN(C)CC4)cc3)nc2n1. The average molecular weight is 627 g/mol. The number of piperazine rings is 1. The summed E-state index contributed by atoms with van der Waals surface area (Å²) in [5.74, 6) is 4.90. The number of amides is 2. The van der Waals surface area contributed by atoms with Crippen LogP contribution in [0.1, 0.15) is 61.0 Å². The van der Waals surface area contributed by atoms with Gasteiger partial charge in [-0.1, -0.05) is 61.3 Å². The Morgan fingerprint density at radius 3 is 2.18 bits per heavy atom. The van der Waals surface area contributed by atoms with Crippen LogP contribution < -0.4 is 20.4 Å². The number of fused-ring (bicyclic) bond motifs is 1. The Bertz CT molecular complexity index is 1550. The molecule has 2 aliphatic heterocycles.